The zero-order valence-corrected chi connectivity index (χ0v) is 40.1. The Kier molecular flexibility index (Phi) is 15.2. The van der Waals surface area contributed by atoms with Gasteiger partial charge in [-0.05, 0) is 25.0 Å². The normalized spacial score (nSPS) is 12.8. The van der Waals surface area contributed by atoms with E-state index < -0.39 is 29.1 Å². The van der Waals surface area contributed by atoms with Crippen molar-refractivity contribution in [3.05, 3.63) is 157 Å². The van der Waals surface area contributed by atoms with E-state index in [1.807, 2.05) is 55.8 Å². The molecular weight excluding hydrogens is 850 g/mol. The molecule has 0 atom stereocenters. The zero-order chi connectivity index (χ0) is 46.0. The molecule has 7 rings (SSSR count). The number of hydrogen-bond donors (Lipinski definition) is 2. The summed E-state index contributed by atoms with van der Waals surface area (Å²) in [6, 6.07) is 50.9. The summed E-state index contributed by atoms with van der Waals surface area (Å²) in [6.07, 6.45) is 6.18. The molecule has 0 saturated heterocycles. The van der Waals surface area contributed by atoms with Gasteiger partial charge in [-0.3, -0.25) is 4.55 Å². The van der Waals surface area contributed by atoms with Crippen LogP contribution in [-0.4, -0.2) is 50.5 Å². The number of benzene rings is 6. The molecule has 1 heterocycles. The minimum absolute atomic E-state index is 0.191. The van der Waals surface area contributed by atoms with Crippen LogP contribution in [0.3, 0.4) is 0 Å². The first-order valence-corrected chi connectivity index (χ1v) is 26.6. The van der Waals surface area contributed by atoms with Gasteiger partial charge in [0.1, 0.15) is 0 Å². The van der Waals surface area contributed by atoms with Gasteiger partial charge in [-0.25, -0.2) is 0 Å². The zero-order valence-electron chi connectivity index (χ0n) is 38.3. The fraction of sp³-hybridized carbons (Fsp3) is 0.296. The van der Waals surface area contributed by atoms with Crippen molar-refractivity contribution in [1.29, 1.82) is 0 Å². The minimum atomic E-state index is -4.59. The molecule has 0 aromatic heterocycles. The van der Waals surface area contributed by atoms with Crippen molar-refractivity contribution < 1.29 is 26.9 Å². The molecule has 340 valence electrons. The number of nitrogens with zero attached hydrogens (tertiary/aromatic N) is 2. The topological polar surface area (TPSA) is 112 Å². The molecular formula is C54H63N3O6PS+. The molecule has 0 saturated carbocycles. The summed E-state index contributed by atoms with van der Waals surface area (Å²) in [5, 5.41) is 5.41. The molecule has 1 amide bonds. The second kappa shape index (κ2) is 21.0. The predicted octanol–water partition coefficient (Wildman–Crippen LogP) is 10.6. The standard InChI is InChI=1S/C54H62N3O6PS/c1-6-8-35-56(36-9-7-2)41-31-33-46-49(39-41)62-50-40-42(32-34-47(50)52(46)48-29-19-20-30-51(48)65(59,60)61)57(55-53(58)63-54(3,4)5)37-21-22-38-64(43-23-13-10-14-24-43,44-25-15-11-16-26-44)45-27-17-12-18-28-45/h10-20,23-34,39-40,64H,6-9,21-22,35-38H2,1-5H3,(H-,55,58,59,60,61)/p+1. The first-order chi connectivity index (χ1) is 31.3. The molecule has 9 nitrogen and oxygen atoms in total. The fourth-order valence-corrected chi connectivity index (χ4v) is 14.5. The van der Waals surface area contributed by atoms with E-state index in [-0.39, 0.29) is 4.90 Å². The number of nitrogens with one attached hydrogen (secondary N) is 1. The van der Waals surface area contributed by atoms with Gasteiger partial charge in [0.05, 0.1) is 0 Å². The number of amides is 1. The maximum absolute atomic E-state index is 13.6. The summed E-state index contributed by atoms with van der Waals surface area (Å²) in [7, 11) is -7.09. The maximum atomic E-state index is 13.6. The average molecular weight is 913 g/mol. The molecule has 0 unspecified atom stereocenters. The van der Waals surface area contributed by atoms with Crippen molar-refractivity contribution in [2.45, 2.75) is 83.6 Å². The Morgan fingerprint density at radius 2 is 1.28 bits per heavy atom. The number of hydrogen-bond acceptors (Lipinski definition) is 6. The molecule has 2 N–H and O–H groups in total. The quantitative estimate of drug-likeness (QED) is 0.0220. The number of hydrazine groups is 1. The van der Waals surface area contributed by atoms with E-state index in [9.17, 15) is 17.8 Å². The molecule has 1 aliphatic carbocycles. The second-order valence-corrected chi connectivity index (χ2v) is 23.2. The van der Waals surface area contributed by atoms with Gasteiger partial charge in [0.2, 0.25) is 0 Å². The van der Waals surface area contributed by atoms with Gasteiger partial charge < -0.3 is 4.90 Å². The monoisotopic (exact) mass is 912 g/mol. The Morgan fingerprint density at radius 3 is 1.83 bits per heavy atom. The summed E-state index contributed by atoms with van der Waals surface area (Å²) in [5.74, 6) is 0.487. The summed E-state index contributed by atoms with van der Waals surface area (Å²) in [5.41, 5.74) is 5.54. The van der Waals surface area contributed by atoms with Gasteiger partial charge >= 0.3 is 282 Å². The average Bonchev–Trinajstić information content (AvgIpc) is 3.30. The van der Waals surface area contributed by atoms with Crippen LogP contribution in [0, 0.1) is 0 Å². The number of carbonyl (C=O) groups is 1. The van der Waals surface area contributed by atoms with Crippen LogP contribution in [0.25, 0.3) is 33.4 Å². The Labute approximate surface area is 385 Å². The van der Waals surface area contributed by atoms with E-state index in [1.54, 1.807) is 18.2 Å². The third-order valence-corrected chi connectivity index (χ3v) is 17.9. The Morgan fingerprint density at radius 1 is 0.708 bits per heavy atom. The van der Waals surface area contributed by atoms with Crippen molar-refractivity contribution in [2.75, 3.05) is 30.7 Å². The van der Waals surface area contributed by atoms with Crippen LogP contribution in [0.15, 0.2) is 161 Å². The van der Waals surface area contributed by atoms with E-state index >= 15 is 0 Å². The molecule has 65 heavy (non-hydrogen) atoms. The summed E-state index contributed by atoms with van der Waals surface area (Å²) in [4.78, 5) is 15.8. The van der Waals surface area contributed by atoms with Crippen molar-refractivity contribution >= 4 is 56.0 Å². The van der Waals surface area contributed by atoms with Crippen molar-refractivity contribution in [3.8, 4) is 22.5 Å². The van der Waals surface area contributed by atoms with Gasteiger partial charge in [0, 0.05) is 13.1 Å². The van der Waals surface area contributed by atoms with Gasteiger partial charge in [-0.15, -0.1) is 0 Å². The van der Waals surface area contributed by atoms with Crippen LogP contribution in [-0.2, 0) is 14.9 Å². The molecule has 0 spiro atoms. The molecule has 5 aromatic rings. The van der Waals surface area contributed by atoms with Crippen molar-refractivity contribution in [1.82, 2.24) is 10.1 Å². The number of carbonyl (C=O) groups excluding carboxylic acids is 1. The molecule has 1 aliphatic heterocycles. The van der Waals surface area contributed by atoms with E-state index in [2.05, 4.69) is 121 Å². The number of ether oxygens (including phenoxy) is 1. The molecule has 0 bridgehead atoms. The molecule has 0 fully saturated rings. The van der Waals surface area contributed by atoms with E-state index in [0.717, 1.165) is 63.5 Å². The van der Waals surface area contributed by atoms with Gasteiger partial charge in [0.15, 0.2) is 0 Å². The van der Waals surface area contributed by atoms with Crippen molar-refractivity contribution in [3.63, 3.8) is 0 Å². The molecule has 0 radical (unpaired) electrons. The first-order valence-electron chi connectivity index (χ1n) is 22.9. The summed E-state index contributed by atoms with van der Waals surface area (Å²) in [6.45, 7) is 12.1. The SMILES string of the molecule is CCCCN(CCCC)c1ccc2c(-c3ccccc3S(=O)(=O)O)c3cc/c(=[N+](/CCCC[PH](c4ccccc4)(c4ccccc4)c4ccccc4)NC(=O)OC(C)(C)C)cc-3oc2c1. The number of anilines is 1. The van der Waals surface area contributed by atoms with Crippen LogP contribution >= 0.6 is 7.26 Å². The van der Waals surface area contributed by atoms with Gasteiger partial charge in [-0.1, -0.05) is 38.8 Å². The van der Waals surface area contributed by atoms with E-state index in [1.165, 1.54) is 22.0 Å². The molecule has 5 aromatic carbocycles. The summed E-state index contributed by atoms with van der Waals surface area (Å²) >= 11 is 0. The van der Waals surface area contributed by atoms with Crippen LogP contribution in [0.1, 0.15) is 73.1 Å². The first kappa shape index (κ1) is 47.2. The van der Waals surface area contributed by atoms with Crippen LogP contribution in [0.2, 0.25) is 0 Å². The Bertz CT molecular complexity index is 2740. The van der Waals surface area contributed by atoms with E-state index in [0.29, 0.717) is 45.3 Å². The summed E-state index contributed by atoms with van der Waals surface area (Å²) < 4.78 is 50.7. The number of fused-ring (bicyclic) bond motifs is 2. The third kappa shape index (κ3) is 11.2. The van der Waals surface area contributed by atoms with E-state index in [4.69, 9.17) is 9.15 Å². The van der Waals surface area contributed by atoms with Crippen LogP contribution in [0.4, 0.5) is 10.5 Å². The van der Waals surface area contributed by atoms with Gasteiger partial charge in [-0.2, -0.15) is 8.42 Å². The van der Waals surface area contributed by atoms with Crippen LogP contribution in [0.5, 0.6) is 0 Å². The van der Waals surface area contributed by atoms with Gasteiger partial charge in [0.25, 0.3) is 10.1 Å². The second-order valence-electron chi connectivity index (χ2n) is 17.7. The number of rotatable bonds is 18. The van der Waals surface area contributed by atoms with Crippen molar-refractivity contribution in [2.24, 2.45) is 0 Å². The fourth-order valence-electron chi connectivity index (χ4n) is 8.91. The molecule has 2 aliphatic rings. The van der Waals surface area contributed by atoms with Crippen LogP contribution < -0.4 is 36.3 Å². The Balaban J connectivity index is 1.36. The number of unbranched alkanes of at least 4 members (excludes halogenated alkanes) is 3. The Hall–Kier alpha value is -5.80. The predicted molar refractivity (Wildman–Crippen MR) is 270 cm³/mol. The molecule has 11 heteroatoms. The third-order valence-electron chi connectivity index (χ3n) is 12.0.